The van der Waals surface area contributed by atoms with E-state index in [1.807, 2.05) is 60.7 Å². The van der Waals surface area contributed by atoms with Crippen LogP contribution in [0.25, 0.3) is 0 Å². The highest BCUT2D eigenvalue weighted by Crippen LogP contribution is 2.23. The second kappa shape index (κ2) is 10.8. The summed E-state index contributed by atoms with van der Waals surface area (Å²) < 4.78 is 16.7. The van der Waals surface area contributed by atoms with Gasteiger partial charge in [-0.2, -0.15) is 0 Å². The maximum atomic E-state index is 12.5. The van der Waals surface area contributed by atoms with Crippen LogP contribution in [-0.4, -0.2) is 35.6 Å². The van der Waals surface area contributed by atoms with Crippen LogP contribution in [0.5, 0.6) is 5.75 Å². The number of carbonyl (C=O) groups excluding carboxylic acids is 2. The average molecular weight is 447 g/mol. The van der Waals surface area contributed by atoms with Crippen molar-refractivity contribution in [3.63, 3.8) is 0 Å². The first-order chi connectivity index (χ1) is 16.1. The van der Waals surface area contributed by atoms with Crippen molar-refractivity contribution < 1.29 is 23.8 Å². The fourth-order valence-corrected chi connectivity index (χ4v) is 3.63. The lowest BCUT2D eigenvalue weighted by Gasteiger charge is -2.16. The van der Waals surface area contributed by atoms with Crippen molar-refractivity contribution in [2.75, 3.05) is 6.54 Å². The molecule has 1 saturated heterocycles. The second-order valence-electron chi connectivity index (χ2n) is 7.87. The van der Waals surface area contributed by atoms with E-state index in [-0.39, 0.29) is 25.3 Å². The number of nitrogens with zero attached hydrogens (tertiary/aromatic N) is 1. The molecule has 2 atom stereocenters. The fraction of sp³-hybridized carbons (Fsp3) is 0.231. The lowest BCUT2D eigenvalue weighted by Crippen LogP contribution is -2.42. The number of esters is 2. The fourth-order valence-electron chi connectivity index (χ4n) is 3.63. The van der Waals surface area contributed by atoms with Crippen molar-refractivity contribution in [1.82, 2.24) is 5.01 Å². The Morgan fingerprint density at radius 3 is 2.00 bits per heavy atom. The third-order valence-electron chi connectivity index (χ3n) is 5.40. The highest BCUT2D eigenvalue weighted by Gasteiger charge is 2.37. The van der Waals surface area contributed by atoms with Gasteiger partial charge in [-0.25, -0.2) is 9.80 Å². The first-order valence-corrected chi connectivity index (χ1v) is 10.8. The topological polar surface area (TPSA) is 91.1 Å². The van der Waals surface area contributed by atoms with Gasteiger partial charge in [0.2, 0.25) is 0 Å². The smallest absolute Gasteiger partial charge is 0.338 e. The molecule has 0 spiro atoms. The molecule has 1 fully saturated rings. The van der Waals surface area contributed by atoms with Gasteiger partial charge >= 0.3 is 11.9 Å². The highest BCUT2D eigenvalue weighted by molar-refractivity contribution is 5.89. The summed E-state index contributed by atoms with van der Waals surface area (Å²) in [4.78, 5) is 24.7. The van der Waals surface area contributed by atoms with Crippen molar-refractivity contribution in [1.29, 1.82) is 0 Å². The van der Waals surface area contributed by atoms with Crippen LogP contribution >= 0.6 is 0 Å². The van der Waals surface area contributed by atoms with Crippen LogP contribution in [0.15, 0.2) is 84.9 Å². The van der Waals surface area contributed by atoms with E-state index in [2.05, 4.69) is 0 Å². The molecule has 3 aromatic carbocycles. The summed E-state index contributed by atoms with van der Waals surface area (Å²) in [6, 6.07) is 25.2. The lowest BCUT2D eigenvalue weighted by molar-refractivity contribution is -0.150. The van der Waals surface area contributed by atoms with Crippen molar-refractivity contribution in [3.8, 4) is 5.75 Å². The van der Waals surface area contributed by atoms with Crippen molar-refractivity contribution in [2.24, 2.45) is 5.84 Å². The Morgan fingerprint density at radius 2 is 1.39 bits per heavy atom. The minimum Gasteiger partial charge on any atom is -0.489 e. The summed E-state index contributed by atoms with van der Waals surface area (Å²) in [6.07, 6.45) is 0.158. The molecule has 1 heterocycles. The Kier molecular flexibility index (Phi) is 7.34. The van der Waals surface area contributed by atoms with Gasteiger partial charge in [-0.1, -0.05) is 60.7 Å². The van der Waals surface area contributed by atoms with Gasteiger partial charge in [0.1, 0.15) is 31.1 Å². The van der Waals surface area contributed by atoms with E-state index < -0.39 is 12.0 Å². The number of hydrazine groups is 1. The first-order valence-electron chi connectivity index (χ1n) is 10.8. The quantitative estimate of drug-likeness (QED) is 0.418. The van der Waals surface area contributed by atoms with Gasteiger partial charge in [-0.3, -0.25) is 10.6 Å². The van der Waals surface area contributed by atoms with E-state index in [4.69, 9.17) is 20.1 Å². The Bertz CT molecular complexity index is 1060. The Balaban J connectivity index is 1.25. The third-order valence-corrected chi connectivity index (χ3v) is 5.40. The predicted molar refractivity (Wildman–Crippen MR) is 122 cm³/mol. The maximum absolute atomic E-state index is 12.5. The largest absolute Gasteiger partial charge is 0.489 e. The number of hydrogen-bond acceptors (Lipinski definition) is 7. The SMILES string of the molecule is NN1C[C@@H](Oc2ccc(C(=O)OCc3ccccc3)cc2)C[C@H]1C(=O)OCc1ccccc1. The van der Waals surface area contributed by atoms with Gasteiger partial charge in [0.25, 0.3) is 0 Å². The molecule has 7 heteroatoms. The van der Waals surface area contributed by atoms with Crippen LogP contribution in [0.1, 0.15) is 27.9 Å². The predicted octanol–water partition coefficient (Wildman–Crippen LogP) is 3.48. The normalized spacial score (nSPS) is 18.0. The van der Waals surface area contributed by atoms with E-state index in [0.717, 1.165) is 11.1 Å². The molecule has 0 aromatic heterocycles. The Hall–Kier alpha value is -3.68. The molecule has 0 saturated carbocycles. The molecule has 1 aliphatic rings. The molecule has 0 aliphatic carbocycles. The molecule has 4 rings (SSSR count). The standard InChI is InChI=1S/C26H26N2O5/c27-28-16-23(15-24(28)26(30)32-18-20-9-5-2-6-10-20)33-22-13-11-21(12-14-22)25(29)31-17-19-7-3-1-4-8-19/h1-14,23-24H,15-18,27H2/t23-,24-/m0/s1. The number of carbonyl (C=O) groups is 2. The van der Waals surface area contributed by atoms with Crippen LogP contribution in [0.4, 0.5) is 0 Å². The molecule has 0 amide bonds. The molecule has 2 N–H and O–H groups in total. The minimum atomic E-state index is -0.564. The van der Waals surface area contributed by atoms with Gasteiger partial charge in [-0.15, -0.1) is 0 Å². The van der Waals surface area contributed by atoms with Gasteiger partial charge in [0, 0.05) is 6.42 Å². The average Bonchev–Trinajstić information content (AvgIpc) is 3.22. The number of ether oxygens (including phenoxy) is 3. The highest BCUT2D eigenvalue weighted by atomic mass is 16.5. The summed E-state index contributed by atoms with van der Waals surface area (Å²) >= 11 is 0. The number of hydrogen-bond donors (Lipinski definition) is 1. The van der Waals surface area contributed by atoms with E-state index in [1.54, 1.807) is 24.3 Å². The molecule has 3 aromatic rings. The molecule has 170 valence electrons. The van der Waals surface area contributed by atoms with E-state index in [1.165, 1.54) is 5.01 Å². The van der Waals surface area contributed by atoms with Crippen molar-refractivity contribution >= 4 is 11.9 Å². The zero-order chi connectivity index (χ0) is 23.0. The molecule has 0 unspecified atom stereocenters. The van der Waals surface area contributed by atoms with Crippen LogP contribution in [0.3, 0.4) is 0 Å². The maximum Gasteiger partial charge on any atom is 0.338 e. The zero-order valence-electron chi connectivity index (χ0n) is 18.1. The zero-order valence-corrected chi connectivity index (χ0v) is 18.1. The molecule has 0 bridgehead atoms. The van der Waals surface area contributed by atoms with Crippen LogP contribution in [-0.2, 0) is 27.5 Å². The summed E-state index contributed by atoms with van der Waals surface area (Å²) in [6.45, 7) is 0.817. The monoisotopic (exact) mass is 446 g/mol. The van der Waals surface area contributed by atoms with Gasteiger partial charge in [-0.05, 0) is 35.4 Å². The van der Waals surface area contributed by atoms with Crippen molar-refractivity contribution in [3.05, 3.63) is 102 Å². The summed E-state index contributed by atoms with van der Waals surface area (Å²) in [5.41, 5.74) is 2.28. The Morgan fingerprint density at radius 1 is 0.818 bits per heavy atom. The van der Waals surface area contributed by atoms with Gasteiger partial charge < -0.3 is 14.2 Å². The first kappa shape index (κ1) is 22.5. The third kappa shape index (κ3) is 6.19. The number of nitrogens with two attached hydrogens (primary N) is 1. The molecule has 33 heavy (non-hydrogen) atoms. The number of rotatable bonds is 8. The molecular formula is C26H26N2O5. The van der Waals surface area contributed by atoms with Crippen LogP contribution in [0.2, 0.25) is 0 Å². The minimum absolute atomic E-state index is 0.206. The molecule has 1 aliphatic heterocycles. The molecule has 0 radical (unpaired) electrons. The van der Waals surface area contributed by atoms with Gasteiger partial charge in [0.15, 0.2) is 0 Å². The van der Waals surface area contributed by atoms with Crippen LogP contribution < -0.4 is 10.6 Å². The summed E-state index contributed by atoms with van der Waals surface area (Å²) in [7, 11) is 0. The Labute approximate surface area is 192 Å². The van der Waals surface area contributed by atoms with Gasteiger partial charge in [0.05, 0.1) is 12.1 Å². The van der Waals surface area contributed by atoms with E-state index in [0.29, 0.717) is 24.3 Å². The molecule has 7 nitrogen and oxygen atoms in total. The lowest BCUT2D eigenvalue weighted by atomic mass is 10.2. The second-order valence-corrected chi connectivity index (χ2v) is 7.87. The van der Waals surface area contributed by atoms with E-state index >= 15 is 0 Å². The van der Waals surface area contributed by atoms with Crippen LogP contribution in [0, 0.1) is 0 Å². The summed E-state index contributed by atoms with van der Waals surface area (Å²) in [5.74, 6) is 5.85. The summed E-state index contributed by atoms with van der Waals surface area (Å²) in [5, 5.41) is 1.45. The van der Waals surface area contributed by atoms with Crippen molar-refractivity contribution in [2.45, 2.75) is 31.8 Å². The number of benzene rings is 3. The van der Waals surface area contributed by atoms with E-state index in [9.17, 15) is 9.59 Å². The molecular weight excluding hydrogens is 420 g/mol.